The van der Waals surface area contributed by atoms with Crippen molar-refractivity contribution in [3.63, 3.8) is 0 Å². The van der Waals surface area contributed by atoms with Crippen molar-refractivity contribution in [3.05, 3.63) is 56.0 Å². The molecule has 3 rings (SSSR count). The van der Waals surface area contributed by atoms with Gasteiger partial charge in [0.05, 0.1) is 17.3 Å². The van der Waals surface area contributed by atoms with Crippen LogP contribution in [0.4, 0.5) is 5.69 Å². The van der Waals surface area contributed by atoms with Crippen LogP contribution in [0.25, 0.3) is 6.08 Å². The summed E-state index contributed by atoms with van der Waals surface area (Å²) in [5.41, 5.74) is 2.05. The average molecular weight is 540 g/mol. The number of hydrogen-bond donors (Lipinski definition) is 2. The Hall–Kier alpha value is -2.23. The molecule has 0 unspecified atom stereocenters. The van der Waals surface area contributed by atoms with Crippen molar-refractivity contribution in [2.75, 3.05) is 12.0 Å². The third-order valence-corrected chi connectivity index (χ3v) is 6.84. The molecular formula is C20H16Br2N2O4S. The number of aromatic hydroxyl groups is 1. The van der Waals surface area contributed by atoms with E-state index in [-0.39, 0.29) is 22.2 Å². The third-order valence-electron chi connectivity index (χ3n) is 4.40. The minimum Gasteiger partial charge on any atom is -0.503 e. The number of carbonyl (C=O) groups is 2. The molecule has 0 bridgehead atoms. The number of phenols is 1. The lowest BCUT2D eigenvalue weighted by Crippen LogP contribution is -2.54. The van der Waals surface area contributed by atoms with E-state index >= 15 is 0 Å². The molecule has 0 aliphatic carbocycles. The molecule has 0 spiro atoms. The smallest absolute Gasteiger partial charge is 0.270 e. The largest absolute Gasteiger partial charge is 0.503 e. The summed E-state index contributed by atoms with van der Waals surface area (Å²) < 4.78 is 5.96. The molecule has 2 N–H and O–H groups in total. The van der Waals surface area contributed by atoms with E-state index in [4.69, 9.17) is 17.0 Å². The van der Waals surface area contributed by atoms with Gasteiger partial charge in [-0.2, -0.15) is 0 Å². The predicted molar refractivity (Wildman–Crippen MR) is 122 cm³/mol. The molecule has 2 amide bonds. The molecule has 1 fully saturated rings. The second-order valence-corrected chi connectivity index (χ2v) is 8.10. The Kier molecular flexibility index (Phi) is 6.40. The topological polar surface area (TPSA) is 78.9 Å². The lowest BCUT2D eigenvalue weighted by atomic mass is 10.1. The van der Waals surface area contributed by atoms with Gasteiger partial charge in [-0.05, 0) is 85.9 Å². The molecule has 6 nitrogen and oxygen atoms in total. The minimum atomic E-state index is -0.600. The molecule has 29 heavy (non-hydrogen) atoms. The van der Waals surface area contributed by atoms with Crippen LogP contribution in [0.5, 0.6) is 11.5 Å². The molecule has 0 saturated carbocycles. The molecule has 150 valence electrons. The molecule has 9 heteroatoms. The summed E-state index contributed by atoms with van der Waals surface area (Å²) in [5.74, 6) is -1.05. The van der Waals surface area contributed by atoms with E-state index < -0.39 is 11.8 Å². The van der Waals surface area contributed by atoms with Gasteiger partial charge in [0.15, 0.2) is 16.6 Å². The maximum atomic E-state index is 13.1. The van der Waals surface area contributed by atoms with Gasteiger partial charge in [0.1, 0.15) is 5.57 Å². The Morgan fingerprint density at radius 3 is 2.45 bits per heavy atom. The molecule has 1 heterocycles. The van der Waals surface area contributed by atoms with Gasteiger partial charge >= 0.3 is 0 Å². The first-order valence-corrected chi connectivity index (χ1v) is 10.5. The zero-order valence-corrected chi connectivity index (χ0v) is 19.4. The highest BCUT2D eigenvalue weighted by molar-refractivity contribution is 9.13. The zero-order valence-electron chi connectivity index (χ0n) is 15.5. The second-order valence-electron chi connectivity index (χ2n) is 6.12. The fourth-order valence-electron chi connectivity index (χ4n) is 2.80. The lowest BCUT2D eigenvalue weighted by molar-refractivity contribution is -0.122. The first-order chi connectivity index (χ1) is 13.8. The van der Waals surface area contributed by atoms with Gasteiger partial charge in [-0.15, -0.1) is 0 Å². The number of ether oxygens (including phenoxy) is 1. The monoisotopic (exact) mass is 538 g/mol. The molecule has 1 aliphatic heterocycles. The summed E-state index contributed by atoms with van der Waals surface area (Å²) in [6.45, 7) is 2.04. The van der Waals surface area contributed by atoms with Gasteiger partial charge in [0.25, 0.3) is 11.8 Å². The van der Waals surface area contributed by atoms with Crippen LogP contribution in [0.2, 0.25) is 0 Å². The van der Waals surface area contributed by atoms with E-state index in [9.17, 15) is 14.7 Å². The number of amides is 2. The number of aryl methyl sites for hydroxylation is 1. The molecule has 1 saturated heterocycles. The summed E-state index contributed by atoms with van der Waals surface area (Å²) in [7, 11) is 1.41. The van der Waals surface area contributed by atoms with Gasteiger partial charge < -0.3 is 9.84 Å². The Morgan fingerprint density at radius 1 is 1.21 bits per heavy atom. The predicted octanol–water partition coefficient (Wildman–Crippen LogP) is 4.32. The highest BCUT2D eigenvalue weighted by atomic mass is 79.9. The Morgan fingerprint density at radius 2 is 1.86 bits per heavy atom. The summed E-state index contributed by atoms with van der Waals surface area (Å²) in [6.07, 6.45) is 2.29. The number of nitrogens with zero attached hydrogens (tertiary/aromatic N) is 1. The van der Waals surface area contributed by atoms with Crippen LogP contribution in [0, 0.1) is 0 Å². The van der Waals surface area contributed by atoms with Crippen molar-refractivity contribution in [1.82, 2.24) is 5.32 Å². The van der Waals surface area contributed by atoms with Crippen molar-refractivity contribution < 1.29 is 19.4 Å². The number of anilines is 1. The Balaban J connectivity index is 2.07. The van der Waals surface area contributed by atoms with Crippen molar-refractivity contribution in [2.45, 2.75) is 13.3 Å². The number of nitrogens with one attached hydrogen (secondary N) is 1. The van der Waals surface area contributed by atoms with Crippen LogP contribution >= 0.6 is 44.1 Å². The Labute approximate surface area is 189 Å². The number of methoxy groups -OCH3 is 1. The van der Waals surface area contributed by atoms with Crippen LogP contribution in [0.1, 0.15) is 18.1 Å². The van der Waals surface area contributed by atoms with Crippen LogP contribution in [-0.2, 0) is 16.0 Å². The van der Waals surface area contributed by atoms with Gasteiger partial charge in [0, 0.05) is 4.47 Å². The summed E-state index contributed by atoms with van der Waals surface area (Å²) in [4.78, 5) is 26.9. The quantitative estimate of drug-likeness (QED) is 0.344. The maximum absolute atomic E-state index is 13.1. The van der Waals surface area contributed by atoms with Crippen molar-refractivity contribution >= 4 is 72.8 Å². The molecule has 0 radical (unpaired) electrons. The number of phenolic OH excluding ortho intramolecular Hbond substituents is 1. The van der Waals surface area contributed by atoms with Crippen LogP contribution in [0.3, 0.4) is 0 Å². The van der Waals surface area contributed by atoms with Crippen molar-refractivity contribution in [1.29, 1.82) is 0 Å². The number of carbonyl (C=O) groups excluding carboxylic acids is 2. The molecule has 0 atom stereocenters. The summed E-state index contributed by atoms with van der Waals surface area (Å²) in [6, 6.07) is 8.90. The number of halogens is 2. The van der Waals surface area contributed by atoms with E-state index in [1.54, 1.807) is 12.1 Å². The fraction of sp³-hybridized carbons (Fsp3) is 0.150. The highest BCUT2D eigenvalue weighted by Gasteiger charge is 2.34. The molecule has 2 aromatic rings. The lowest BCUT2D eigenvalue weighted by Gasteiger charge is -2.29. The van der Waals surface area contributed by atoms with Crippen molar-refractivity contribution in [3.8, 4) is 11.5 Å². The van der Waals surface area contributed by atoms with E-state index in [0.717, 1.165) is 12.0 Å². The molecule has 1 aliphatic rings. The summed E-state index contributed by atoms with van der Waals surface area (Å²) in [5, 5.41) is 12.7. The Bertz CT molecular complexity index is 1050. The third kappa shape index (κ3) is 4.08. The highest BCUT2D eigenvalue weighted by Crippen LogP contribution is 2.42. The van der Waals surface area contributed by atoms with E-state index in [0.29, 0.717) is 20.2 Å². The van der Waals surface area contributed by atoms with Gasteiger partial charge in [-0.3, -0.25) is 19.8 Å². The van der Waals surface area contributed by atoms with Gasteiger partial charge in [-0.25, -0.2) is 0 Å². The van der Waals surface area contributed by atoms with E-state index in [2.05, 4.69) is 37.2 Å². The van der Waals surface area contributed by atoms with Gasteiger partial charge in [-0.1, -0.05) is 19.1 Å². The zero-order chi connectivity index (χ0) is 21.3. The maximum Gasteiger partial charge on any atom is 0.270 e. The molecule has 0 aromatic heterocycles. The fourth-order valence-corrected chi connectivity index (χ4v) is 3.92. The van der Waals surface area contributed by atoms with Crippen LogP contribution in [0.15, 0.2) is 44.9 Å². The molecular weight excluding hydrogens is 524 g/mol. The standard InChI is InChI=1S/C20H16Br2N2O4S/c1-3-10-4-6-12(7-5-10)24-19(27)13(18(26)23-20(24)29)8-11-9-14(28-2)17(25)16(22)15(11)21/h4-9,25H,3H2,1-2H3,(H,23,26,29)/b13-8+. The van der Waals surface area contributed by atoms with E-state index in [1.807, 2.05) is 19.1 Å². The van der Waals surface area contributed by atoms with Gasteiger partial charge in [0.2, 0.25) is 0 Å². The first-order valence-electron chi connectivity index (χ1n) is 8.53. The van der Waals surface area contributed by atoms with Crippen molar-refractivity contribution in [2.24, 2.45) is 0 Å². The SMILES string of the molecule is CCc1ccc(N2C(=O)/C(=C/c3cc(OC)c(O)c(Br)c3Br)C(=O)NC2=S)cc1. The number of benzene rings is 2. The van der Waals surface area contributed by atoms with E-state index in [1.165, 1.54) is 24.2 Å². The van der Waals surface area contributed by atoms with Crippen LogP contribution < -0.4 is 15.0 Å². The number of thiocarbonyl (C=S) groups is 1. The first kappa shape index (κ1) is 21.5. The summed E-state index contributed by atoms with van der Waals surface area (Å²) >= 11 is 11.8. The normalized spacial score (nSPS) is 15.7. The average Bonchev–Trinajstić information content (AvgIpc) is 2.71. The minimum absolute atomic E-state index is 0.0185. The van der Waals surface area contributed by atoms with Crippen LogP contribution in [-0.4, -0.2) is 29.1 Å². The number of hydrogen-bond acceptors (Lipinski definition) is 5. The number of rotatable bonds is 4. The molecule has 2 aromatic carbocycles. The second kappa shape index (κ2) is 8.64.